The van der Waals surface area contributed by atoms with Gasteiger partial charge < -0.3 is 4.57 Å². The van der Waals surface area contributed by atoms with Gasteiger partial charge in [0.2, 0.25) is 0 Å². The van der Waals surface area contributed by atoms with Crippen molar-refractivity contribution in [2.45, 2.75) is 39.7 Å². The Labute approximate surface area is 160 Å². The summed E-state index contributed by atoms with van der Waals surface area (Å²) in [6.45, 7) is 5.26. The highest BCUT2D eigenvalue weighted by Gasteiger charge is 2.18. The van der Waals surface area contributed by atoms with E-state index in [1.165, 1.54) is 18.4 Å². The number of para-hydroxylation sites is 1. The van der Waals surface area contributed by atoms with Gasteiger partial charge >= 0.3 is 0 Å². The molecule has 0 spiro atoms. The average molecular weight is 355 g/mol. The smallest absolute Gasteiger partial charge is 0.195 e. The van der Waals surface area contributed by atoms with Gasteiger partial charge in [-0.25, -0.2) is 0 Å². The first-order valence-corrected chi connectivity index (χ1v) is 9.81. The molecule has 4 aromatic rings. The molecule has 2 heteroatoms. The second kappa shape index (κ2) is 7.40. The van der Waals surface area contributed by atoms with Crippen molar-refractivity contribution in [3.8, 4) is 0 Å². The maximum absolute atomic E-state index is 13.5. The van der Waals surface area contributed by atoms with Crippen molar-refractivity contribution in [2.75, 3.05) is 0 Å². The van der Waals surface area contributed by atoms with Crippen molar-refractivity contribution in [2.24, 2.45) is 0 Å². The first-order chi connectivity index (χ1) is 13.2. The van der Waals surface area contributed by atoms with Crippen molar-refractivity contribution in [3.63, 3.8) is 0 Å². The van der Waals surface area contributed by atoms with E-state index in [9.17, 15) is 4.79 Å². The van der Waals surface area contributed by atoms with Crippen LogP contribution in [0.2, 0.25) is 0 Å². The fourth-order valence-electron chi connectivity index (χ4n) is 3.96. The summed E-state index contributed by atoms with van der Waals surface area (Å²) in [5, 5.41) is 3.23. The zero-order valence-corrected chi connectivity index (χ0v) is 16.0. The number of nitrogens with zero attached hydrogens (tertiary/aromatic N) is 1. The molecule has 2 nitrogen and oxygen atoms in total. The summed E-state index contributed by atoms with van der Waals surface area (Å²) in [7, 11) is 0. The quantitative estimate of drug-likeness (QED) is 0.285. The molecule has 0 aliphatic carbocycles. The molecule has 0 unspecified atom stereocenters. The number of benzene rings is 3. The third kappa shape index (κ3) is 3.16. The molecule has 1 heterocycles. The molecule has 136 valence electrons. The van der Waals surface area contributed by atoms with E-state index in [1.807, 2.05) is 30.3 Å². The van der Waals surface area contributed by atoms with E-state index in [4.69, 9.17) is 0 Å². The van der Waals surface area contributed by atoms with Gasteiger partial charge in [-0.1, -0.05) is 74.4 Å². The Hall–Kier alpha value is -2.87. The third-order valence-electron chi connectivity index (χ3n) is 5.42. The minimum atomic E-state index is 0.108. The number of fused-ring (bicyclic) bond motifs is 2. The summed E-state index contributed by atoms with van der Waals surface area (Å²) in [5.41, 5.74) is 3.93. The van der Waals surface area contributed by atoms with Gasteiger partial charge in [0, 0.05) is 34.8 Å². The Kier molecular flexibility index (Phi) is 4.81. The first-order valence-electron chi connectivity index (χ1n) is 9.81. The van der Waals surface area contributed by atoms with Crippen molar-refractivity contribution in [1.82, 2.24) is 4.57 Å². The molecule has 3 aromatic carbocycles. The molecule has 0 radical (unpaired) electrons. The summed E-state index contributed by atoms with van der Waals surface area (Å²) in [6.07, 6.45) is 5.59. The summed E-state index contributed by atoms with van der Waals surface area (Å²) < 4.78 is 2.24. The molecule has 0 aliphatic heterocycles. The molecule has 27 heavy (non-hydrogen) atoms. The van der Waals surface area contributed by atoms with E-state index in [0.717, 1.165) is 45.8 Å². The Balaban J connectivity index is 1.83. The molecule has 0 atom stereocenters. The topological polar surface area (TPSA) is 22.0 Å². The van der Waals surface area contributed by atoms with Crippen molar-refractivity contribution in [1.29, 1.82) is 0 Å². The number of hydrogen-bond acceptors (Lipinski definition) is 1. The number of aromatic nitrogens is 1. The highest BCUT2D eigenvalue weighted by Crippen LogP contribution is 2.28. The largest absolute Gasteiger partial charge is 0.347 e. The fourth-order valence-corrected chi connectivity index (χ4v) is 3.96. The zero-order chi connectivity index (χ0) is 18.8. The second-order valence-corrected chi connectivity index (χ2v) is 7.27. The van der Waals surface area contributed by atoms with Crippen LogP contribution in [0.25, 0.3) is 21.7 Å². The van der Waals surface area contributed by atoms with Gasteiger partial charge in [0.15, 0.2) is 5.78 Å². The average Bonchev–Trinajstić information content (AvgIpc) is 3.07. The van der Waals surface area contributed by atoms with Crippen molar-refractivity contribution < 1.29 is 4.79 Å². The van der Waals surface area contributed by atoms with Gasteiger partial charge in [-0.05, 0) is 35.7 Å². The van der Waals surface area contributed by atoms with Gasteiger partial charge in [-0.3, -0.25) is 4.79 Å². The molecule has 0 bridgehead atoms. The van der Waals surface area contributed by atoms with Crippen LogP contribution in [0.3, 0.4) is 0 Å². The number of hydrogen-bond donors (Lipinski definition) is 0. The van der Waals surface area contributed by atoms with Gasteiger partial charge in [-0.2, -0.15) is 0 Å². The van der Waals surface area contributed by atoms with Crippen molar-refractivity contribution >= 4 is 27.5 Å². The van der Waals surface area contributed by atoms with E-state index in [1.54, 1.807) is 0 Å². The van der Waals surface area contributed by atoms with Gasteiger partial charge in [-0.15, -0.1) is 0 Å². The lowest BCUT2D eigenvalue weighted by molar-refractivity contribution is 0.104. The summed E-state index contributed by atoms with van der Waals surface area (Å²) >= 11 is 0. The highest BCUT2D eigenvalue weighted by atomic mass is 16.1. The maximum Gasteiger partial charge on any atom is 0.195 e. The SMILES string of the molecule is CCCCCn1cc(C(=O)c2cccc3c(C)cccc23)c2ccccc21. The van der Waals surface area contributed by atoms with E-state index < -0.39 is 0 Å². The lowest BCUT2D eigenvalue weighted by Gasteiger charge is -2.07. The number of carbonyl (C=O) groups is 1. The molecule has 4 rings (SSSR count). The summed E-state index contributed by atoms with van der Waals surface area (Å²) in [6, 6.07) is 20.5. The Morgan fingerprint density at radius 2 is 1.56 bits per heavy atom. The number of carbonyl (C=O) groups excluding carboxylic acids is 1. The second-order valence-electron chi connectivity index (χ2n) is 7.27. The van der Waals surface area contributed by atoms with Crippen LogP contribution in [-0.2, 0) is 6.54 Å². The molecule has 0 saturated heterocycles. The first kappa shape index (κ1) is 17.5. The predicted molar refractivity (Wildman–Crippen MR) is 114 cm³/mol. The molecule has 0 N–H and O–H groups in total. The monoisotopic (exact) mass is 355 g/mol. The molecular formula is C25H25NO. The van der Waals surface area contributed by atoms with Gasteiger partial charge in [0.05, 0.1) is 0 Å². The van der Waals surface area contributed by atoms with Crippen LogP contribution < -0.4 is 0 Å². The fraction of sp³-hybridized carbons (Fsp3) is 0.240. The standard InChI is InChI=1S/C25H25NO/c1-3-4-7-16-26-17-23(21-11-5-6-15-24(21)26)25(27)22-14-9-12-19-18(2)10-8-13-20(19)22/h5-6,8-15,17H,3-4,7,16H2,1-2H3. The predicted octanol–water partition coefficient (Wildman–Crippen LogP) is 6.52. The van der Waals surface area contributed by atoms with Crippen LogP contribution >= 0.6 is 0 Å². The number of ketones is 1. The number of unbranched alkanes of at least 4 members (excludes halogenated alkanes) is 2. The Bertz CT molecular complexity index is 1120. The van der Waals surface area contributed by atoms with Crippen molar-refractivity contribution in [3.05, 3.63) is 83.6 Å². The van der Waals surface area contributed by atoms with Crippen LogP contribution in [0.4, 0.5) is 0 Å². The van der Waals surface area contributed by atoms with Crippen LogP contribution in [-0.4, -0.2) is 10.4 Å². The normalized spacial score (nSPS) is 11.3. The molecule has 0 aliphatic rings. The third-order valence-corrected chi connectivity index (χ3v) is 5.42. The maximum atomic E-state index is 13.5. The van der Waals surface area contributed by atoms with E-state index in [0.29, 0.717) is 0 Å². The number of aryl methyl sites for hydroxylation is 2. The lowest BCUT2D eigenvalue weighted by Crippen LogP contribution is -2.02. The van der Waals surface area contributed by atoms with Crippen LogP contribution in [0, 0.1) is 6.92 Å². The Morgan fingerprint density at radius 3 is 2.41 bits per heavy atom. The molecule has 0 saturated carbocycles. The summed E-state index contributed by atoms with van der Waals surface area (Å²) in [4.78, 5) is 13.5. The summed E-state index contributed by atoms with van der Waals surface area (Å²) in [5.74, 6) is 0.108. The lowest BCUT2D eigenvalue weighted by atomic mass is 9.95. The van der Waals surface area contributed by atoms with E-state index >= 15 is 0 Å². The highest BCUT2D eigenvalue weighted by molar-refractivity contribution is 6.21. The van der Waals surface area contributed by atoms with E-state index in [2.05, 4.69) is 54.9 Å². The van der Waals surface area contributed by atoms with Crippen LogP contribution in [0.1, 0.15) is 47.7 Å². The minimum Gasteiger partial charge on any atom is -0.347 e. The minimum absolute atomic E-state index is 0.108. The molecule has 0 fully saturated rings. The van der Waals surface area contributed by atoms with Crippen LogP contribution in [0.5, 0.6) is 0 Å². The molecule has 0 amide bonds. The Morgan fingerprint density at radius 1 is 0.815 bits per heavy atom. The number of rotatable bonds is 6. The van der Waals surface area contributed by atoms with Gasteiger partial charge in [0.25, 0.3) is 0 Å². The van der Waals surface area contributed by atoms with Gasteiger partial charge in [0.1, 0.15) is 0 Å². The zero-order valence-electron chi connectivity index (χ0n) is 16.0. The van der Waals surface area contributed by atoms with E-state index in [-0.39, 0.29) is 5.78 Å². The van der Waals surface area contributed by atoms with Crippen LogP contribution in [0.15, 0.2) is 66.9 Å². The molecular weight excluding hydrogens is 330 g/mol. The molecule has 1 aromatic heterocycles.